The van der Waals surface area contributed by atoms with Gasteiger partial charge in [-0.05, 0) is 24.3 Å². The summed E-state index contributed by atoms with van der Waals surface area (Å²) in [5.41, 5.74) is 0.423. The highest BCUT2D eigenvalue weighted by molar-refractivity contribution is 5.94. The molecule has 6 heteroatoms. The van der Waals surface area contributed by atoms with Crippen LogP contribution in [0.2, 0.25) is 0 Å². The average Bonchev–Trinajstić information content (AvgIpc) is 2.83. The summed E-state index contributed by atoms with van der Waals surface area (Å²) in [5.74, 6) is -1.08. The highest BCUT2D eigenvalue weighted by Gasteiger charge is 2.29. The second kappa shape index (κ2) is 5.48. The Morgan fingerprint density at radius 3 is 2.65 bits per heavy atom. The van der Waals surface area contributed by atoms with Crippen molar-refractivity contribution in [1.82, 2.24) is 0 Å². The predicted octanol–water partition coefficient (Wildman–Crippen LogP) is 3.29. The number of carboxylic acids is 1. The molecule has 0 atom stereocenters. The number of carboxylic acid groups (broad SMARTS) is 1. The number of hydrogen-bond acceptors (Lipinski definition) is 4. The summed E-state index contributed by atoms with van der Waals surface area (Å²) in [6.07, 6.45) is 4.55. The first-order valence-corrected chi connectivity index (χ1v) is 6.67. The molecule has 1 aliphatic carbocycles. The Bertz CT molecular complexity index is 536. The molecule has 1 saturated carbocycles. The molecule has 0 aliphatic heterocycles. The molecule has 1 aromatic carbocycles. The molecule has 1 aromatic rings. The van der Waals surface area contributed by atoms with Crippen molar-refractivity contribution in [3.8, 4) is 0 Å². The Morgan fingerprint density at radius 2 is 2.10 bits per heavy atom. The Hall–Kier alpha value is -2.11. The fourth-order valence-corrected chi connectivity index (χ4v) is 2.69. The topological polar surface area (TPSA) is 92.5 Å². The van der Waals surface area contributed by atoms with Gasteiger partial charge in [0, 0.05) is 18.7 Å². The zero-order valence-electron chi connectivity index (χ0n) is 11.4. The van der Waals surface area contributed by atoms with E-state index in [2.05, 4.69) is 12.2 Å². The van der Waals surface area contributed by atoms with E-state index in [0.717, 1.165) is 12.8 Å². The van der Waals surface area contributed by atoms with Gasteiger partial charge in [-0.3, -0.25) is 10.1 Å². The lowest BCUT2D eigenvalue weighted by Gasteiger charge is -2.24. The number of nitro groups is 1. The van der Waals surface area contributed by atoms with Crippen LogP contribution in [0.5, 0.6) is 0 Å². The highest BCUT2D eigenvalue weighted by Crippen LogP contribution is 2.38. The smallest absolute Gasteiger partial charge is 0.337 e. The molecule has 0 heterocycles. The number of aromatic carboxylic acids is 1. The third-order valence-corrected chi connectivity index (χ3v) is 3.96. The third-order valence-electron chi connectivity index (χ3n) is 3.96. The molecule has 6 nitrogen and oxygen atoms in total. The summed E-state index contributed by atoms with van der Waals surface area (Å²) in [6, 6.07) is 3.79. The molecule has 2 rings (SSSR count). The Labute approximate surface area is 117 Å². The Morgan fingerprint density at radius 1 is 1.45 bits per heavy atom. The standard InChI is InChI=1S/C14H18N2O4/c1-14(6-2-3-7-14)9-15-12-8-10(16(19)20)4-5-11(12)13(17)18/h4-5,8,15H,2-3,6-7,9H2,1H3,(H,17,18). The predicted molar refractivity (Wildman–Crippen MR) is 75.1 cm³/mol. The number of non-ortho nitro benzene ring substituents is 1. The summed E-state index contributed by atoms with van der Waals surface area (Å²) >= 11 is 0. The van der Waals surface area contributed by atoms with E-state index in [0.29, 0.717) is 12.2 Å². The molecular weight excluding hydrogens is 260 g/mol. The maximum atomic E-state index is 11.2. The zero-order chi connectivity index (χ0) is 14.8. The molecular formula is C14H18N2O4. The van der Waals surface area contributed by atoms with Crippen LogP contribution in [0.15, 0.2) is 18.2 Å². The van der Waals surface area contributed by atoms with Crippen molar-refractivity contribution < 1.29 is 14.8 Å². The van der Waals surface area contributed by atoms with Crippen molar-refractivity contribution >= 4 is 17.3 Å². The lowest BCUT2D eigenvalue weighted by molar-refractivity contribution is -0.384. The van der Waals surface area contributed by atoms with Gasteiger partial charge in [-0.15, -0.1) is 0 Å². The van der Waals surface area contributed by atoms with E-state index in [1.165, 1.54) is 31.0 Å². The molecule has 0 saturated heterocycles. The zero-order valence-corrected chi connectivity index (χ0v) is 11.4. The van der Waals surface area contributed by atoms with Crippen LogP contribution in [-0.4, -0.2) is 22.5 Å². The lowest BCUT2D eigenvalue weighted by atomic mass is 9.89. The quantitative estimate of drug-likeness (QED) is 0.637. The van der Waals surface area contributed by atoms with Crippen LogP contribution >= 0.6 is 0 Å². The second-order valence-electron chi connectivity index (χ2n) is 5.66. The minimum Gasteiger partial charge on any atom is -0.478 e. The van der Waals surface area contributed by atoms with Crippen LogP contribution in [0.1, 0.15) is 43.0 Å². The minimum atomic E-state index is -1.08. The van der Waals surface area contributed by atoms with Gasteiger partial charge in [0.25, 0.3) is 5.69 Å². The fourth-order valence-electron chi connectivity index (χ4n) is 2.69. The molecule has 0 spiro atoms. The first-order valence-electron chi connectivity index (χ1n) is 6.67. The molecule has 1 fully saturated rings. The van der Waals surface area contributed by atoms with Gasteiger partial charge < -0.3 is 10.4 Å². The number of benzene rings is 1. The Balaban J connectivity index is 2.21. The van der Waals surface area contributed by atoms with Crippen molar-refractivity contribution in [2.24, 2.45) is 5.41 Å². The van der Waals surface area contributed by atoms with Gasteiger partial charge in [0.15, 0.2) is 0 Å². The molecule has 108 valence electrons. The maximum Gasteiger partial charge on any atom is 0.337 e. The van der Waals surface area contributed by atoms with Gasteiger partial charge in [-0.25, -0.2) is 4.79 Å². The van der Waals surface area contributed by atoms with Crippen LogP contribution in [0.4, 0.5) is 11.4 Å². The number of nitrogens with zero attached hydrogens (tertiary/aromatic N) is 1. The molecule has 0 unspecified atom stereocenters. The van der Waals surface area contributed by atoms with Crippen molar-refractivity contribution in [1.29, 1.82) is 0 Å². The number of nitro benzene ring substituents is 1. The largest absolute Gasteiger partial charge is 0.478 e. The number of anilines is 1. The number of rotatable bonds is 5. The van der Waals surface area contributed by atoms with Gasteiger partial charge in [0.2, 0.25) is 0 Å². The summed E-state index contributed by atoms with van der Waals surface area (Å²) in [6.45, 7) is 2.79. The van der Waals surface area contributed by atoms with Crippen LogP contribution < -0.4 is 5.32 Å². The number of carbonyl (C=O) groups is 1. The molecule has 1 aliphatic rings. The monoisotopic (exact) mass is 278 g/mol. The summed E-state index contributed by atoms with van der Waals surface area (Å²) in [4.78, 5) is 21.4. The molecule has 20 heavy (non-hydrogen) atoms. The van der Waals surface area contributed by atoms with Crippen LogP contribution in [0, 0.1) is 15.5 Å². The van der Waals surface area contributed by atoms with Gasteiger partial charge in [-0.2, -0.15) is 0 Å². The highest BCUT2D eigenvalue weighted by atomic mass is 16.6. The van der Waals surface area contributed by atoms with E-state index in [4.69, 9.17) is 5.11 Å². The first kappa shape index (κ1) is 14.3. The summed E-state index contributed by atoms with van der Waals surface area (Å²) in [7, 11) is 0. The van der Waals surface area contributed by atoms with Gasteiger partial charge in [-0.1, -0.05) is 19.8 Å². The molecule has 0 bridgehead atoms. The lowest BCUT2D eigenvalue weighted by Crippen LogP contribution is -2.23. The summed E-state index contributed by atoms with van der Waals surface area (Å²) < 4.78 is 0. The van der Waals surface area contributed by atoms with Crippen molar-refractivity contribution in [2.45, 2.75) is 32.6 Å². The van der Waals surface area contributed by atoms with E-state index in [1.54, 1.807) is 0 Å². The van der Waals surface area contributed by atoms with Crippen LogP contribution in [0.25, 0.3) is 0 Å². The van der Waals surface area contributed by atoms with E-state index < -0.39 is 10.9 Å². The normalized spacial score (nSPS) is 16.9. The van der Waals surface area contributed by atoms with Gasteiger partial charge in [0.1, 0.15) is 0 Å². The first-order chi connectivity index (χ1) is 9.41. The van der Waals surface area contributed by atoms with Gasteiger partial charge in [0.05, 0.1) is 16.2 Å². The van der Waals surface area contributed by atoms with Crippen molar-refractivity contribution in [3.05, 3.63) is 33.9 Å². The SMILES string of the molecule is CC1(CNc2cc([N+](=O)[O-])ccc2C(=O)O)CCCC1. The molecule has 0 aromatic heterocycles. The van der Waals surface area contributed by atoms with Crippen molar-refractivity contribution in [3.63, 3.8) is 0 Å². The minimum absolute atomic E-state index is 0.0668. The summed E-state index contributed by atoms with van der Waals surface area (Å²) in [5, 5.41) is 23.0. The molecule has 0 amide bonds. The maximum absolute atomic E-state index is 11.2. The average molecular weight is 278 g/mol. The van der Waals surface area contributed by atoms with Crippen molar-refractivity contribution in [2.75, 3.05) is 11.9 Å². The molecule has 2 N–H and O–H groups in total. The van der Waals surface area contributed by atoms with E-state index in [1.807, 2.05) is 0 Å². The Kier molecular flexibility index (Phi) is 3.92. The van der Waals surface area contributed by atoms with Crippen LogP contribution in [-0.2, 0) is 0 Å². The molecule has 0 radical (unpaired) electrons. The van der Waals surface area contributed by atoms with E-state index in [9.17, 15) is 14.9 Å². The van der Waals surface area contributed by atoms with E-state index in [-0.39, 0.29) is 16.7 Å². The van der Waals surface area contributed by atoms with E-state index >= 15 is 0 Å². The van der Waals surface area contributed by atoms with Gasteiger partial charge >= 0.3 is 5.97 Å². The third kappa shape index (κ3) is 3.07. The number of hydrogen-bond donors (Lipinski definition) is 2. The fraction of sp³-hybridized carbons (Fsp3) is 0.500. The second-order valence-corrected chi connectivity index (χ2v) is 5.66. The van der Waals surface area contributed by atoms with Crippen LogP contribution in [0.3, 0.4) is 0 Å². The number of nitrogens with one attached hydrogen (secondary N) is 1.